The molecular weight excluding hydrogens is 282 g/mol. The number of carbonyl (C=O) groups is 2. The molecule has 0 radical (unpaired) electrons. The molecule has 1 aromatic heterocycles. The van der Waals surface area contributed by atoms with Gasteiger partial charge in [-0.15, -0.1) is 0 Å². The number of aryl methyl sites for hydroxylation is 1. The van der Waals surface area contributed by atoms with E-state index in [2.05, 4.69) is 15.8 Å². The molecule has 3 rings (SSSR count). The summed E-state index contributed by atoms with van der Waals surface area (Å²) in [5, 5.41) is 9.35. The van der Waals surface area contributed by atoms with Crippen molar-refractivity contribution in [3.05, 3.63) is 47.3 Å². The van der Waals surface area contributed by atoms with E-state index < -0.39 is 0 Å². The monoisotopic (exact) mass is 299 g/mol. The molecule has 0 spiro atoms. The number of nitrogens with zero attached hydrogens (tertiary/aromatic N) is 1. The van der Waals surface area contributed by atoms with Gasteiger partial charge in [0.2, 0.25) is 5.91 Å². The molecule has 114 valence electrons. The predicted octanol–water partition coefficient (Wildman–Crippen LogP) is 2.26. The van der Waals surface area contributed by atoms with Gasteiger partial charge in [-0.2, -0.15) is 0 Å². The van der Waals surface area contributed by atoms with Crippen LogP contribution in [0.15, 0.2) is 34.9 Å². The summed E-state index contributed by atoms with van der Waals surface area (Å²) < 4.78 is 5.05. The largest absolute Gasteiger partial charge is 0.359 e. The van der Waals surface area contributed by atoms with Crippen molar-refractivity contribution < 1.29 is 14.1 Å². The Kier molecular flexibility index (Phi) is 3.91. The summed E-state index contributed by atoms with van der Waals surface area (Å²) >= 11 is 0. The first-order valence-electron chi connectivity index (χ1n) is 7.24. The van der Waals surface area contributed by atoms with Crippen molar-refractivity contribution in [1.29, 1.82) is 0 Å². The number of aromatic nitrogens is 1. The maximum absolute atomic E-state index is 12.3. The minimum atomic E-state index is -0.263. The van der Waals surface area contributed by atoms with Crippen molar-refractivity contribution in [2.24, 2.45) is 5.92 Å². The number of rotatable bonds is 5. The van der Waals surface area contributed by atoms with Gasteiger partial charge < -0.3 is 15.2 Å². The van der Waals surface area contributed by atoms with Gasteiger partial charge in [-0.1, -0.05) is 17.3 Å². The smallest absolute Gasteiger partial charge is 0.253 e. The van der Waals surface area contributed by atoms with Gasteiger partial charge in [0.15, 0.2) is 5.76 Å². The molecule has 1 heterocycles. The van der Waals surface area contributed by atoms with Gasteiger partial charge in [0.05, 0.1) is 23.5 Å². The SMILES string of the molecule is Cc1cc(CNC(=O)c2ccccc2NC(=O)C2CC2)on1. The molecule has 0 aliphatic heterocycles. The van der Waals surface area contributed by atoms with E-state index in [-0.39, 0.29) is 24.3 Å². The average molecular weight is 299 g/mol. The van der Waals surface area contributed by atoms with Gasteiger partial charge in [0.1, 0.15) is 0 Å². The highest BCUT2D eigenvalue weighted by atomic mass is 16.5. The number of amides is 2. The summed E-state index contributed by atoms with van der Waals surface area (Å²) in [4.78, 5) is 24.2. The fourth-order valence-corrected chi connectivity index (χ4v) is 2.13. The number of hydrogen-bond donors (Lipinski definition) is 2. The van der Waals surface area contributed by atoms with Crippen LogP contribution in [0.4, 0.5) is 5.69 Å². The van der Waals surface area contributed by atoms with Gasteiger partial charge in [-0.05, 0) is 31.9 Å². The normalized spacial score (nSPS) is 13.7. The van der Waals surface area contributed by atoms with Crippen LogP contribution >= 0.6 is 0 Å². The van der Waals surface area contributed by atoms with Crippen molar-refractivity contribution >= 4 is 17.5 Å². The second-order valence-electron chi connectivity index (χ2n) is 5.43. The molecule has 6 heteroatoms. The van der Waals surface area contributed by atoms with Gasteiger partial charge >= 0.3 is 0 Å². The van der Waals surface area contributed by atoms with Gasteiger partial charge in [0.25, 0.3) is 5.91 Å². The van der Waals surface area contributed by atoms with Crippen LogP contribution in [0.25, 0.3) is 0 Å². The van der Waals surface area contributed by atoms with Crippen molar-refractivity contribution in [3.8, 4) is 0 Å². The molecular formula is C16H17N3O3. The van der Waals surface area contributed by atoms with Crippen molar-refractivity contribution in [1.82, 2.24) is 10.5 Å². The van der Waals surface area contributed by atoms with Crippen LogP contribution in [0.1, 0.15) is 34.7 Å². The lowest BCUT2D eigenvalue weighted by Crippen LogP contribution is -2.25. The number of hydrogen-bond acceptors (Lipinski definition) is 4. The van der Waals surface area contributed by atoms with E-state index in [1.54, 1.807) is 30.3 Å². The minimum Gasteiger partial charge on any atom is -0.359 e. The zero-order valence-corrected chi connectivity index (χ0v) is 12.3. The fraction of sp³-hybridized carbons (Fsp3) is 0.312. The molecule has 2 amide bonds. The first-order valence-corrected chi connectivity index (χ1v) is 7.24. The number of para-hydroxylation sites is 1. The minimum absolute atomic E-state index is 0.0221. The highest BCUT2D eigenvalue weighted by molar-refractivity contribution is 6.04. The van der Waals surface area contributed by atoms with E-state index in [1.807, 2.05) is 6.92 Å². The quantitative estimate of drug-likeness (QED) is 0.887. The number of anilines is 1. The van der Waals surface area contributed by atoms with E-state index in [0.29, 0.717) is 17.0 Å². The molecule has 2 N–H and O–H groups in total. The molecule has 1 aliphatic rings. The highest BCUT2D eigenvalue weighted by Crippen LogP contribution is 2.30. The molecule has 0 atom stereocenters. The Labute approximate surface area is 127 Å². The zero-order chi connectivity index (χ0) is 15.5. The summed E-state index contributed by atoms with van der Waals surface area (Å²) in [7, 11) is 0. The lowest BCUT2D eigenvalue weighted by atomic mass is 10.1. The van der Waals surface area contributed by atoms with E-state index in [0.717, 1.165) is 18.5 Å². The van der Waals surface area contributed by atoms with Crippen molar-refractivity contribution in [3.63, 3.8) is 0 Å². The third-order valence-electron chi connectivity index (χ3n) is 3.48. The first kappa shape index (κ1) is 14.3. The van der Waals surface area contributed by atoms with Gasteiger partial charge in [-0.3, -0.25) is 9.59 Å². The molecule has 1 aromatic carbocycles. The van der Waals surface area contributed by atoms with Crippen molar-refractivity contribution in [2.75, 3.05) is 5.32 Å². The van der Waals surface area contributed by atoms with Gasteiger partial charge in [0, 0.05) is 12.0 Å². The van der Waals surface area contributed by atoms with Crippen LogP contribution in [0.2, 0.25) is 0 Å². The highest BCUT2D eigenvalue weighted by Gasteiger charge is 2.30. The average Bonchev–Trinajstić information content (AvgIpc) is 3.28. The molecule has 6 nitrogen and oxygen atoms in total. The topological polar surface area (TPSA) is 84.2 Å². The van der Waals surface area contributed by atoms with E-state index in [4.69, 9.17) is 4.52 Å². The third kappa shape index (κ3) is 3.33. The molecule has 1 fully saturated rings. The zero-order valence-electron chi connectivity index (χ0n) is 12.3. The lowest BCUT2D eigenvalue weighted by Gasteiger charge is -2.10. The molecule has 1 saturated carbocycles. The fourth-order valence-electron chi connectivity index (χ4n) is 2.13. The Morgan fingerprint density at radius 3 is 2.77 bits per heavy atom. The Morgan fingerprint density at radius 1 is 1.32 bits per heavy atom. The summed E-state index contributed by atoms with van der Waals surface area (Å²) in [6.45, 7) is 2.07. The maximum atomic E-state index is 12.3. The number of carbonyl (C=O) groups excluding carboxylic acids is 2. The van der Waals surface area contributed by atoms with E-state index in [9.17, 15) is 9.59 Å². The summed E-state index contributed by atoms with van der Waals surface area (Å²) in [6, 6.07) is 8.73. The van der Waals surface area contributed by atoms with Crippen molar-refractivity contribution in [2.45, 2.75) is 26.3 Å². The van der Waals surface area contributed by atoms with Crippen LogP contribution < -0.4 is 10.6 Å². The molecule has 22 heavy (non-hydrogen) atoms. The Bertz CT molecular complexity index is 704. The van der Waals surface area contributed by atoms with Crippen LogP contribution in [-0.4, -0.2) is 17.0 Å². The number of benzene rings is 1. The third-order valence-corrected chi connectivity index (χ3v) is 3.48. The molecule has 0 bridgehead atoms. The lowest BCUT2D eigenvalue weighted by molar-refractivity contribution is -0.117. The standard InChI is InChI=1S/C16H17N3O3/c1-10-8-12(22-19-10)9-17-16(21)13-4-2-3-5-14(13)18-15(20)11-6-7-11/h2-5,8,11H,6-7,9H2,1H3,(H,17,21)(H,18,20). The molecule has 0 saturated heterocycles. The Balaban J connectivity index is 1.67. The molecule has 0 unspecified atom stereocenters. The second kappa shape index (κ2) is 6.01. The summed E-state index contributed by atoms with van der Waals surface area (Å²) in [6.07, 6.45) is 1.84. The summed E-state index contributed by atoms with van der Waals surface area (Å²) in [5.41, 5.74) is 1.74. The predicted molar refractivity (Wildman–Crippen MR) is 80.2 cm³/mol. The molecule has 2 aromatic rings. The van der Waals surface area contributed by atoms with Crippen LogP contribution in [-0.2, 0) is 11.3 Å². The Morgan fingerprint density at radius 2 is 2.09 bits per heavy atom. The van der Waals surface area contributed by atoms with Crippen LogP contribution in [0.5, 0.6) is 0 Å². The second-order valence-corrected chi connectivity index (χ2v) is 5.43. The van der Waals surface area contributed by atoms with E-state index >= 15 is 0 Å². The van der Waals surface area contributed by atoms with Crippen LogP contribution in [0.3, 0.4) is 0 Å². The Hall–Kier alpha value is -2.63. The van der Waals surface area contributed by atoms with Crippen LogP contribution in [0, 0.1) is 12.8 Å². The number of nitrogens with one attached hydrogen (secondary N) is 2. The van der Waals surface area contributed by atoms with E-state index in [1.165, 1.54) is 0 Å². The summed E-state index contributed by atoms with van der Waals surface area (Å²) in [5.74, 6) is 0.394. The molecule has 1 aliphatic carbocycles. The van der Waals surface area contributed by atoms with Gasteiger partial charge in [-0.25, -0.2) is 0 Å². The first-order chi connectivity index (χ1) is 10.6. The maximum Gasteiger partial charge on any atom is 0.253 e.